The topological polar surface area (TPSA) is 29.3 Å². The molecular weight excluding hydrogens is 160 g/mol. The molecule has 0 unspecified atom stereocenters. The Morgan fingerprint density at radius 3 is 2.31 bits per heavy atom. The van der Waals surface area contributed by atoms with Crippen molar-refractivity contribution in [2.45, 2.75) is 13.0 Å². The van der Waals surface area contributed by atoms with Crippen molar-refractivity contribution >= 4 is 0 Å². The van der Waals surface area contributed by atoms with E-state index in [-0.39, 0.29) is 0 Å². The van der Waals surface area contributed by atoms with Crippen molar-refractivity contribution in [1.29, 1.82) is 0 Å². The molecule has 0 aliphatic carbocycles. The second kappa shape index (κ2) is 5.00. The van der Waals surface area contributed by atoms with Gasteiger partial charge in [-0.05, 0) is 38.2 Å². The van der Waals surface area contributed by atoms with E-state index >= 15 is 0 Å². The molecule has 0 amide bonds. The predicted octanol–water partition coefficient (Wildman–Crippen LogP) is 1.25. The number of benzene rings is 1. The monoisotopic (exact) mass is 178 g/mol. The first kappa shape index (κ1) is 10.2. The molecule has 0 aromatic heterocycles. The van der Waals surface area contributed by atoms with Crippen molar-refractivity contribution < 1.29 is 0 Å². The molecule has 0 saturated carbocycles. The molecule has 0 radical (unpaired) electrons. The van der Waals surface area contributed by atoms with E-state index in [1.54, 1.807) is 0 Å². The lowest BCUT2D eigenvalue weighted by Gasteiger charge is -2.13. The second-order valence-electron chi connectivity index (χ2n) is 3.55. The summed E-state index contributed by atoms with van der Waals surface area (Å²) < 4.78 is 0. The molecule has 13 heavy (non-hydrogen) atoms. The Morgan fingerprint density at radius 2 is 1.77 bits per heavy atom. The van der Waals surface area contributed by atoms with E-state index in [4.69, 9.17) is 5.73 Å². The number of hydrogen-bond acceptors (Lipinski definition) is 2. The minimum atomic E-state index is 0.727. The van der Waals surface area contributed by atoms with Gasteiger partial charge in [-0.15, -0.1) is 0 Å². The SMILES string of the molecule is CN(C)Cc1ccccc1CCN. The highest BCUT2D eigenvalue weighted by molar-refractivity contribution is 5.27. The van der Waals surface area contributed by atoms with Crippen LogP contribution < -0.4 is 5.73 Å². The summed E-state index contributed by atoms with van der Waals surface area (Å²) >= 11 is 0. The standard InChI is InChI=1S/C11H18N2/c1-13(2)9-11-6-4-3-5-10(11)7-8-12/h3-6H,7-9,12H2,1-2H3. The highest BCUT2D eigenvalue weighted by atomic mass is 15.0. The maximum Gasteiger partial charge on any atom is 0.0230 e. The third kappa shape index (κ3) is 3.17. The van der Waals surface area contributed by atoms with E-state index in [1.807, 2.05) is 0 Å². The van der Waals surface area contributed by atoms with E-state index < -0.39 is 0 Å². The molecule has 1 aromatic rings. The molecule has 1 rings (SSSR count). The van der Waals surface area contributed by atoms with E-state index in [0.29, 0.717) is 0 Å². The minimum Gasteiger partial charge on any atom is -0.330 e. The maximum atomic E-state index is 5.55. The number of rotatable bonds is 4. The summed E-state index contributed by atoms with van der Waals surface area (Å²) in [5.74, 6) is 0. The number of hydrogen-bond donors (Lipinski definition) is 1. The molecule has 0 spiro atoms. The summed E-state index contributed by atoms with van der Waals surface area (Å²) in [6.07, 6.45) is 0.976. The molecule has 0 saturated heterocycles. The van der Waals surface area contributed by atoms with Crippen molar-refractivity contribution in [3.05, 3.63) is 35.4 Å². The Balaban J connectivity index is 2.78. The Hall–Kier alpha value is -0.860. The van der Waals surface area contributed by atoms with Crippen LogP contribution in [-0.4, -0.2) is 25.5 Å². The molecule has 1 aromatic carbocycles. The first-order valence-electron chi connectivity index (χ1n) is 4.65. The molecular formula is C11H18N2. The Morgan fingerprint density at radius 1 is 1.15 bits per heavy atom. The highest BCUT2D eigenvalue weighted by Gasteiger charge is 2.00. The van der Waals surface area contributed by atoms with Gasteiger partial charge < -0.3 is 10.6 Å². The normalized spacial score (nSPS) is 10.8. The van der Waals surface area contributed by atoms with E-state index in [0.717, 1.165) is 19.5 Å². The third-order valence-electron chi connectivity index (χ3n) is 2.02. The lowest BCUT2D eigenvalue weighted by Crippen LogP contribution is -2.13. The van der Waals surface area contributed by atoms with Gasteiger partial charge in [0, 0.05) is 6.54 Å². The number of nitrogens with two attached hydrogens (primary N) is 1. The van der Waals surface area contributed by atoms with Crippen molar-refractivity contribution in [3.63, 3.8) is 0 Å². The van der Waals surface area contributed by atoms with Gasteiger partial charge in [0.25, 0.3) is 0 Å². The van der Waals surface area contributed by atoms with Gasteiger partial charge in [-0.2, -0.15) is 0 Å². The van der Waals surface area contributed by atoms with Gasteiger partial charge in [0.05, 0.1) is 0 Å². The average molecular weight is 178 g/mol. The fourth-order valence-electron chi connectivity index (χ4n) is 1.45. The molecule has 0 aliphatic rings. The summed E-state index contributed by atoms with van der Waals surface area (Å²) in [7, 11) is 4.17. The fourth-order valence-corrected chi connectivity index (χ4v) is 1.45. The van der Waals surface area contributed by atoms with Gasteiger partial charge in [-0.1, -0.05) is 24.3 Å². The van der Waals surface area contributed by atoms with Crippen LogP contribution >= 0.6 is 0 Å². The van der Waals surface area contributed by atoms with Crippen molar-refractivity contribution in [2.75, 3.05) is 20.6 Å². The molecule has 0 atom stereocenters. The third-order valence-corrected chi connectivity index (χ3v) is 2.02. The van der Waals surface area contributed by atoms with Crippen LogP contribution in [0.3, 0.4) is 0 Å². The summed E-state index contributed by atoms with van der Waals surface area (Å²) in [6.45, 7) is 1.72. The summed E-state index contributed by atoms with van der Waals surface area (Å²) in [5, 5.41) is 0. The molecule has 2 nitrogen and oxygen atoms in total. The molecule has 0 bridgehead atoms. The smallest absolute Gasteiger partial charge is 0.0230 e. The van der Waals surface area contributed by atoms with Crippen molar-refractivity contribution in [2.24, 2.45) is 5.73 Å². The largest absolute Gasteiger partial charge is 0.330 e. The van der Waals surface area contributed by atoms with Gasteiger partial charge >= 0.3 is 0 Å². The predicted molar refractivity (Wildman–Crippen MR) is 56.6 cm³/mol. The Kier molecular flexibility index (Phi) is 3.93. The Bertz CT molecular complexity index is 256. The molecule has 0 fully saturated rings. The summed E-state index contributed by atoms with van der Waals surface area (Å²) in [4.78, 5) is 2.18. The van der Waals surface area contributed by atoms with E-state index in [2.05, 4.69) is 43.3 Å². The van der Waals surface area contributed by atoms with E-state index in [9.17, 15) is 0 Å². The zero-order valence-corrected chi connectivity index (χ0v) is 8.46. The Labute approximate surface area is 80.4 Å². The first-order valence-corrected chi connectivity index (χ1v) is 4.65. The second-order valence-corrected chi connectivity index (χ2v) is 3.55. The van der Waals surface area contributed by atoms with Gasteiger partial charge in [0.15, 0.2) is 0 Å². The van der Waals surface area contributed by atoms with Crippen LogP contribution in [0.1, 0.15) is 11.1 Å². The fraction of sp³-hybridized carbons (Fsp3) is 0.455. The van der Waals surface area contributed by atoms with Crippen LogP contribution in [0, 0.1) is 0 Å². The molecule has 0 aliphatic heterocycles. The van der Waals surface area contributed by atoms with Crippen molar-refractivity contribution in [1.82, 2.24) is 4.90 Å². The van der Waals surface area contributed by atoms with Gasteiger partial charge in [-0.25, -0.2) is 0 Å². The van der Waals surface area contributed by atoms with Gasteiger partial charge in [0.2, 0.25) is 0 Å². The average Bonchev–Trinajstić information content (AvgIpc) is 2.08. The van der Waals surface area contributed by atoms with Gasteiger partial charge in [-0.3, -0.25) is 0 Å². The van der Waals surface area contributed by atoms with Crippen LogP contribution in [0.15, 0.2) is 24.3 Å². The first-order chi connectivity index (χ1) is 6.24. The summed E-state index contributed by atoms with van der Waals surface area (Å²) in [5.41, 5.74) is 8.31. The lowest BCUT2D eigenvalue weighted by atomic mass is 10.0. The van der Waals surface area contributed by atoms with Crippen molar-refractivity contribution in [3.8, 4) is 0 Å². The maximum absolute atomic E-state index is 5.55. The van der Waals surface area contributed by atoms with E-state index in [1.165, 1.54) is 11.1 Å². The highest BCUT2D eigenvalue weighted by Crippen LogP contribution is 2.10. The van der Waals surface area contributed by atoms with Crippen LogP contribution in [-0.2, 0) is 13.0 Å². The van der Waals surface area contributed by atoms with Crippen LogP contribution in [0.4, 0.5) is 0 Å². The molecule has 2 heteroatoms. The van der Waals surface area contributed by atoms with Crippen LogP contribution in [0.25, 0.3) is 0 Å². The number of nitrogens with zero attached hydrogens (tertiary/aromatic N) is 1. The summed E-state index contributed by atoms with van der Waals surface area (Å²) in [6, 6.07) is 8.49. The quantitative estimate of drug-likeness (QED) is 0.752. The molecule has 2 N–H and O–H groups in total. The molecule has 0 heterocycles. The zero-order valence-electron chi connectivity index (χ0n) is 8.46. The minimum absolute atomic E-state index is 0.727. The van der Waals surface area contributed by atoms with Crippen LogP contribution in [0.5, 0.6) is 0 Å². The van der Waals surface area contributed by atoms with Crippen LogP contribution in [0.2, 0.25) is 0 Å². The van der Waals surface area contributed by atoms with Gasteiger partial charge in [0.1, 0.15) is 0 Å². The lowest BCUT2D eigenvalue weighted by molar-refractivity contribution is 0.401. The molecule has 72 valence electrons. The zero-order chi connectivity index (χ0) is 9.68.